The summed E-state index contributed by atoms with van der Waals surface area (Å²) in [6, 6.07) is 0.0632. The van der Waals surface area contributed by atoms with Gasteiger partial charge in [-0.1, -0.05) is 0 Å². The summed E-state index contributed by atoms with van der Waals surface area (Å²) in [5, 5.41) is 3.23. The molecular formula is C10H21NO4S. The monoisotopic (exact) mass is 251 g/mol. The Balaban J connectivity index is 2.31. The minimum absolute atomic E-state index is 0.0189. The van der Waals surface area contributed by atoms with E-state index >= 15 is 0 Å². The highest BCUT2D eigenvalue weighted by atomic mass is 32.2. The van der Waals surface area contributed by atoms with Gasteiger partial charge < -0.3 is 14.8 Å². The fourth-order valence-corrected chi connectivity index (χ4v) is 3.55. The maximum atomic E-state index is 11.4. The predicted octanol–water partition coefficient (Wildman–Crippen LogP) is -0.185. The standard InChI is InChI=1S/C10H21NO4S/c1-14-7-10(15-2)6-11-9-4-3-5-16(12,13)8-9/h9-11H,3-8H2,1-2H3. The molecule has 0 saturated carbocycles. The smallest absolute Gasteiger partial charge is 0.151 e. The second kappa shape index (κ2) is 6.54. The molecule has 0 aromatic carbocycles. The molecule has 1 fully saturated rings. The van der Waals surface area contributed by atoms with Crippen LogP contribution in [-0.2, 0) is 19.3 Å². The van der Waals surface area contributed by atoms with Crippen molar-refractivity contribution in [2.75, 3.05) is 38.9 Å². The summed E-state index contributed by atoms with van der Waals surface area (Å²) in [5.41, 5.74) is 0. The fraction of sp³-hybridized carbons (Fsp3) is 1.00. The van der Waals surface area contributed by atoms with Crippen molar-refractivity contribution in [1.82, 2.24) is 5.32 Å². The van der Waals surface area contributed by atoms with Gasteiger partial charge in [0.1, 0.15) is 0 Å². The van der Waals surface area contributed by atoms with Gasteiger partial charge >= 0.3 is 0 Å². The molecule has 6 heteroatoms. The lowest BCUT2D eigenvalue weighted by Crippen LogP contribution is -2.44. The second-order valence-electron chi connectivity index (χ2n) is 4.17. The van der Waals surface area contributed by atoms with Gasteiger partial charge in [0.05, 0.1) is 24.2 Å². The molecule has 1 N–H and O–H groups in total. The van der Waals surface area contributed by atoms with Gasteiger partial charge in [0.25, 0.3) is 0 Å². The van der Waals surface area contributed by atoms with Crippen LogP contribution in [-0.4, -0.2) is 59.4 Å². The van der Waals surface area contributed by atoms with E-state index < -0.39 is 9.84 Å². The summed E-state index contributed by atoms with van der Waals surface area (Å²) in [7, 11) is 0.417. The summed E-state index contributed by atoms with van der Waals surface area (Å²) in [4.78, 5) is 0. The number of nitrogens with one attached hydrogen (secondary N) is 1. The van der Waals surface area contributed by atoms with E-state index in [0.717, 1.165) is 12.8 Å². The molecule has 1 rings (SSSR count). The molecule has 0 aromatic heterocycles. The zero-order chi connectivity index (χ0) is 12.0. The van der Waals surface area contributed by atoms with Crippen molar-refractivity contribution < 1.29 is 17.9 Å². The van der Waals surface area contributed by atoms with E-state index in [2.05, 4.69) is 5.32 Å². The van der Waals surface area contributed by atoms with Crippen LogP contribution in [0.3, 0.4) is 0 Å². The topological polar surface area (TPSA) is 64.6 Å². The molecule has 0 aliphatic carbocycles. The molecule has 1 saturated heterocycles. The molecule has 96 valence electrons. The van der Waals surface area contributed by atoms with Crippen molar-refractivity contribution in [3.8, 4) is 0 Å². The van der Waals surface area contributed by atoms with Gasteiger partial charge in [-0.3, -0.25) is 0 Å². The van der Waals surface area contributed by atoms with E-state index in [-0.39, 0.29) is 17.9 Å². The van der Waals surface area contributed by atoms with E-state index in [1.165, 1.54) is 0 Å². The lowest BCUT2D eigenvalue weighted by molar-refractivity contribution is 0.0275. The number of rotatable bonds is 6. The largest absolute Gasteiger partial charge is 0.382 e. The summed E-state index contributed by atoms with van der Waals surface area (Å²) < 4.78 is 33.0. The van der Waals surface area contributed by atoms with Gasteiger partial charge in [0.15, 0.2) is 9.84 Å². The van der Waals surface area contributed by atoms with E-state index in [1.807, 2.05) is 0 Å². The SMILES string of the molecule is COCC(CNC1CCCS(=O)(=O)C1)OC. The lowest BCUT2D eigenvalue weighted by Gasteiger charge is -2.25. The van der Waals surface area contributed by atoms with E-state index in [9.17, 15) is 8.42 Å². The van der Waals surface area contributed by atoms with Crippen LogP contribution >= 0.6 is 0 Å². The van der Waals surface area contributed by atoms with Crippen LogP contribution in [0.1, 0.15) is 12.8 Å². The average Bonchev–Trinajstić information content (AvgIpc) is 2.23. The third-order valence-electron chi connectivity index (χ3n) is 2.78. The first kappa shape index (κ1) is 13.9. The van der Waals surface area contributed by atoms with Crippen molar-refractivity contribution in [2.24, 2.45) is 0 Å². The van der Waals surface area contributed by atoms with Crippen molar-refractivity contribution in [3.63, 3.8) is 0 Å². The number of hydrogen-bond donors (Lipinski definition) is 1. The molecular weight excluding hydrogens is 230 g/mol. The number of hydrogen-bond acceptors (Lipinski definition) is 5. The Labute approximate surface area is 97.4 Å². The molecule has 5 nitrogen and oxygen atoms in total. The number of methoxy groups -OCH3 is 2. The Kier molecular flexibility index (Phi) is 5.68. The molecule has 1 aliphatic heterocycles. The van der Waals surface area contributed by atoms with Crippen molar-refractivity contribution in [3.05, 3.63) is 0 Å². The lowest BCUT2D eigenvalue weighted by atomic mass is 10.2. The van der Waals surface area contributed by atoms with Gasteiger partial charge in [-0.05, 0) is 12.8 Å². The molecule has 0 radical (unpaired) electrons. The van der Waals surface area contributed by atoms with Crippen LogP contribution in [0, 0.1) is 0 Å². The fourth-order valence-electron chi connectivity index (χ4n) is 1.88. The molecule has 0 spiro atoms. The van der Waals surface area contributed by atoms with Gasteiger partial charge in [-0.15, -0.1) is 0 Å². The van der Waals surface area contributed by atoms with Crippen LogP contribution in [0.4, 0.5) is 0 Å². The average molecular weight is 251 g/mol. The molecule has 0 amide bonds. The van der Waals surface area contributed by atoms with E-state index in [1.54, 1.807) is 14.2 Å². The number of ether oxygens (including phenoxy) is 2. The van der Waals surface area contributed by atoms with E-state index in [0.29, 0.717) is 18.9 Å². The first-order valence-corrected chi connectivity index (χ1v) is 7.35. The molecule has 1 aliphatic rings. The highest BCUT2D eigenvalue weighted by Gasteiger charge is 2.24. The first-order valence-electron chi connectivity index (χ1n) is 5.53. The van der Waals surface area contributed by atoms with Gasteiger partial charge in [0, 0.05) is 26.8 Å². The minimum Gasteiger partial charge on any atom is -0.382 e. The van der Waals surface area contributed by atoms with Crippen molar-refractivity contribution in [2.45, 2.75) is 25.0 Å². The molecule has 0 aromatic rings. The Hall–Kier alpha value is -0.170. The Morgan fingerprint density at radius 3 is 2.75 bits per heavy atom. The predicted molar refractivity (Wildman–Crippen MR) is 62.4 cm³/mol. The summed E-state index contributed by atoms with van der Waals surface area (Å²) in [5.74, 6) is 0.577. The minimum atomic E-state index is -2.83. The summed E-state index contributed by atoms with van der Waals surface area (Å²) >= 11 is 0. The van der Waals surface area contributed by atoms with E-state index in [4.69, 9.17) is 9.47 Å². The van der Waals surface area contributed by atoms with Gasteiger partial charge in [-0.25, -0.2) is 8.42 Å². The van der Waals surface area contributed by atoms with Gasteiger partial charge in [-0.2, -0.15) is 0 Å². The zero-order valence-corrected chi connectivity index (χ0v) is 10.8. The van der Waals surface area contributed by atoms with Crippen LogP contribution in [0.2, 0.25) is 0 Å². The quantitative estimate of drug-likeness (QED) is 0.709. The van der Waals surface area contributed by atoms with Crippen molar-refractivity contribution >= 4 is 9.84 Å². The first-order chi connectivity index (χ1) is 7.57. The third-order valence-corrected chi connectivity index (χ3v) is 4.60. The van der Waals surface area contributed by atoms with Gasteiger partial charge in [0.2, 0.25) is 0 Å². The van der Waals surface area contributed by atoms with Crippen LogP contribution < -0.4 is 5.32 Å². The third kappa shape index (κ3) is 4.78. The zero-order valence-electron chi connectivity index (χ0n) is 9.94. The maximum absolute atomic E-state index is 11.4. The highest BCUT2D eigenvalue weighted by Crippen LogP contribution is 2.11. The van der Waals surface area contributed by atoms with Crippen LogP contribution in [0.5, 0.6) is 0 Å². The summed E-state index contributed by atoms with van der Waals surface area (Å²) in [6.45, 7) is 1.15. The molecule has 1 heterocycles. The van der Waals surface area contributed by atoms with Crippen LogP contribution in [0.15, 0.2) is 0 Å². The highest BCUT2D eigenvalue weighted by molar-refractivity contribution is 7.91. The number of sulfone groups is 1. The molecule has 0 bridgehead atoms. The summed E-state index contributed by atoms with van der Waals surface area (Å²) in [6.07, 6.45) is 1.65. The second-order valence-corrected chi connectivity index (χ2v) is 6.40. The molecule has 16 heavy (non-hydrogen) atoms. The maximum Gasteiger partial charge on any atom is 0.151 e. The Bertz CT molecular complexity index is 291. The Morgan fingerprint density at radius 2 is 2.19 bits per heavy atom. The van der Waals surface area contributed by atoms with Crippen molar-refractivity contribution in [1.29, 1.82) is 0 Å². The normalized spacial score (nSPS) is 26.5. The Morgan fingerprint density at radius 1 is 1.44 bits per heavy atom. The molecule has 2 atom stereocenters. The molecule has 2 unspecified atom stereocenters. The van der Waals surface area contributed by atoms with Crippen LogP contribution in [0.25, 0.3) is 0 Å².